The van der Waals surface area contributed by atoms with Crippen molar-refractivity contribution in [3.05, 3.63) is 84.1 Å². The Kier molecular flexibility index (Phi) is 9.96. The van der Waals surface area contributed by atoms with Crippen molar-refractivity contribution in [1.29, 1.82) is 0 Å². The van der Waals surface area contributed by atoms with Crippen molar-refractivity contribution in [2.75, 3.05) is 38.7 Å². The van der Waals surface area contributed by atoms with E-state index in [4.69, 9.17) is 14.2 Å². The number of nitrogens with zero attached hydrogens (tertiary/aromatic N) is 3. The molecule has 0 saturated carbocycles. The highest BCUT2D eigenvalue weighted by molar-refractivity contribution is 5.90. The van der Waals surface area contributed by atoms with Crippen LogP contribution in [-0.4, -0.2) is 55.5 Å². The van der Waals surface area contributed by atoms with Crippen molar-refractivity contribution in [3.63, 3.8) is 0 Å². The molecule has 43 heavy (non-hydrogen) atoms. The number of aromatic nitrogens is 1. The summed E-state index contributed by atoms with van der Waals surface area (Å²) in [7, 11) is 1.57. The van der Waals surface area contributed by atoms with Gasteiger partial charge in [-0.25, -0.2) is 19.0 Å². The maximum absolute atomic E-state index is 15.0. The summed E-state index contributed by atoms with van der Waals surface area (Å²) < 4.78 is 45.5. The topological polar surface area (TPSA) is 97.3 Å². The van der Waals surface area contributed by atoms with Crippen LogP contribution in [0.3, 0.4) is 0 Å². The van der Waals surface area contributed by atoms with E-state index in [1.807, 2.05) is 0 Å². The minimum Gasteiger partial charge on any atom is -0.493 e. The average molecular weight is 590 g/mol. The lowest BCUT2D eigenvalue weighted by Crippen LogP contribution is -2.31. The number of carbonyl (C=O) groups excluding carboxylic acids is 1. The van der Waals surface area contributed by atoms with E-state index >= 15 is 0 Å². The second-order valence-corrected chi connectivity index (χ2v) is 10.1. The van der Waals surface area contributed by atoms with E-state index in [1.165, 1.54) is 61.9 Å². The minimum atomic E-state index is -0.630. The van der Waals surface area contributed by atoms with Gasteiger partial charge in [-0.1, -0.05) is 6.42 Å². The molecule has 0 bridgehead atoms. The number of rotatable bonds is 11. The number of urea groups is 1. The highest BCUT2D eigenvalue weighted by atomic mass is 19.1. The number of likely N-dealkylation sites (tertiary alicyclic amines) is 1. The molecule has 1 aromatic heterocycles. The van der Waals surface area contributed by atoms with Gasteiger partial charge in [-0.3, -0.25) is 4.98 Å². The van der Waals surface area contributed by atoms with Crippen LogP contribution in [0.4, 0.5) is 19.3 Å². The van der Waals surface area contributed by atoms with Crippen LogP contribution in [0, 0.1) is 11.6 Å². The van der Waals surface area contributed by atoms with Crippen molar-refractivity contribution in [2.45, 2.75) is 25.7 Å². The molecular weight excluding hydrogens is 556 g/mol. The molecule has 2 N–H and O–H groups in total. The number of anilines is 1. The molecule has 1 aliphatic heterocycles. The molecule has 0 spiro atoms. The number of hydrazone groups is 1. The lowest BCUT2D eigenvalue weighted by atomic mass is 10.1. The molecule has 4 aromatic rings. The monoisotopic (exact) mass is 589 g/mol. The van der Waals surface area contributed by atoms with Crippen molar-refractivity contribution in [3.8, 4) is 23.0 Å². The molecule has 0 aliphatic carbocycles. The van der Waals surface area contributed by atoms with Gasteiger partial charge in [0.05, 0.1) is 25.4 Å². The van der Waals surface area contributed by atoms with Crippen LogP contribution < -0.4 is 25.0 Å². The summed E-state index contributed by atoms with van der Waals surface area (Å²) >= 11 is 0. The van der Waals surface area contributed by atoms with Crippen molar-refractivity contribution in [2.24, 2.45) is 5.10 Å². The maximum atomic E-state index is 15.0. The number of halogens is 2. The molecule has 11 heteroatoms. The minimum absolute atomic E-state index is 0.00340. The third kappa shape index (κ3) is 8.16. The Balaban J connectivity index is 1.20. The third-order valence-electron chi connectivity index (χ3n) is 6.97. The molecule has 1 aliphatic rings. The first-order valence-corrected chi connectivity index (χ1v) is 14.1. The van der Waals surface area contributed by atoms with Gasteiger partial charge in [0.25, 0.3) is 0 Å². The molecule has 224 valence electrons. The summed E-state index contributed by atoms with van der Waals surface area (Å²) in [6.07, 6.45) is 7.63. The molecule has 2 heterocycles. The van der Waals surface area contributed by atoms with E-state index in [2.05, 4.69) is 25.7 Å². The number of nitrogens with one attached hydrogen (secondary N) is 2. The molecule has 3 aromatic carbocycles. The van der Waals surface area contributed by atoms with Crippen molar-refractivity contribution < 1.29 is 27.8 Å². The largest absolute Gasteiger partial charge is 0.493 e. The Morgan fingerprint density at radius 3 is 2.56 bits per heavy atom. The average Bonchev–Trinajstić information content (AvgIpc) is 3.02. The smallest absolute Gasteiger partial charge is 0.339 e. The lowest BCUT2D eigenvalue weighted by molar-refractivity contribution is 0.203. The molecule has 5 rings (SSSR count). The predicted molar refractivity (Wildman–Crippen MR) is 161 cm³/mol. The molecular formula is C32H33F2N5O4. The van der Waals surface area contributed by atoms with Gasteiger partial charge in [0.2, 0.25) is 0 Å². The zero-order valence-corrected chi connectivity index (χ0v) is 23.8. The summed E-state index contributed by atoms with van der Waals surface area (Å²) in [6.45, 7) is 3.87. The van der Waals surface area contributed by atoms with Gasteiger partial charge in [0.15, 0.2) is 23.1 Å². The van der Waals surface area contributed by atoms with Gasteiger partial charge in [-0.15, -0.1) is 0 Å². The molecule has 1 fully saturated rings. The fraction of sp³-hybridized carbons (Fsp3) is 0.281. The second kappa shape index (κ2) is 14.4. The lowest BCUT2D eigenvalue weighted by Gasteiger charge is -2.26. The SMILES string of the molecule is COc1cc2c(Oc3ccc(/C=N/NC(=O)Nc4ccc(F)cc4)cc3F)ccnc2cc1OCCCN1CCCCC1. The first-order chi connectivity index (χ1) is 21.0. The fourth-order valence-electron chi connectivity index (χ4n) is 4.80. The normalized spacial score (nSPS) is 13.7. The second-order valence-electron chi connectivity index (χ2n) is 10.1. The van der Waals surface area contributed by atoms with Crippen molar-refractivity contribution >= 4 is 28.8 Å². The number of hydrogen-bond donors (Lipinski definition) is 2. The zero-order chi connectivity index (χ0) is 30.0. The molecule has 0 atom stereocenters. The van der Waals surface area contributed by atoms with Gasteiger partial charge in [-0.2, -0.15) is 5.10 Å². The first-order valence-electron chi connectivity index (χ1n) is 14.1. The molecule has 0 radical (unpaired) electrons. The van der Waals surface area contributed by atoms with Crippen LogP contribution in [0.2, 0.25) is 0 Å². The number of piperidine rings is 1. The van der Waals surface area contributed by atoms with E-state index in [-0.39, 0.29) is 5.75 Å². The summed E-state index contributed by atoms with van der Waals surface area (Å²) in [5, 5.41) is 6.97. The quantitative estimate of drug-likeness (QED) is 0.115. The molecule has 2 amide bonds. The van der Waals surface area contributed by atoms with Gasteiger partial charge in [0.1, 0.15) is 11.6 Å². The number of benzene rings is 3. The predicted octanol–water partition coefficient (Wildman–Crippen LogP) is 6.72. The van der Waals surface area contributed by atoms with E-state index in [9.17, 15) is 13.6 Å². The number of carbonyl (C=O) groups is 1. The molecule has 9 nitrogen and oxygen atoms in total. The number of hydrogen-bond acceptors (Lipinski definition) is 7. The summed E-state index contributed by atoms with van der Waals surface area (Å²) in [4.78, 5) is 18.9. The van der Waals surface area contributed by atoms with Crippen LogP contribution in [0.5, 0.6) is 23.0 Å². The summed E-state index contributed by atoms with van der Waals surface area (Å²) in [5.41, 5.74) is 3.70. The first kappa shape index (κ1) is 29.7. The number of amides is 2. The van der Waals surface area contributed by atoms with Crippen LogP contribution in [0.15, 0.2) is 72.0 Å². The fourth-order valence-corrected chi connectivity index (χ4v) is 4.80. The molecule has 0 unspecified atom stereocenters. The van der Waals surface area contributed by atoms with Gasteiger partial charge >= 0.3 is 6.03 Å². The number of pyridine rings is 1. The number of ether oxygens (including phenoxy) is 3. The van der Waals surface area contributed by atoms with E-state index < -0.39 is 17.7 Å². The Bertz CT molecular complexity index is 1580. The van der Waals surface area contributed by atoms with Crippen molar-refractivity contribution in [1.82, 2.24) is 15.3 Å². The Morgan fingerprint density at radius 2 is 1.79 bits per heavy atom. The third-order valence-corrected chi connectivity index (χ3v) is 6.97. The summed E-state index contributed by atoms with van der Waals surface area (Å²) in [6, 6.07) is 14.2. The molecule has 1 saturated heterocycles. The van der Waals surface area contributed by atoms with Crippen LogP contribution in [-0.2, 0) is 0 Å². The highest BCUT2D eigenvalue weighted by Crippen LogP contribution is 2.37. The van der Waals surface area contributed by atoms with E-state index in [0.29, 0.717) is 46.0 Å². The van der Waals surface area contributed by atoms with E-state index in [1.54, 1.807) is 37.6 Å². The Morgan fingerprint density at radius 1 is 0.977 bits per heavy atom. The summed E-state index contributed by atoms with van der Waals surface area (Å²) in [5.74, 6) is 0.496. The van der Waals surface area contributed by atoms with Gasteiger partial charge < -0.3 is 24.4 Å². The van der Waals surface area contributed by atoms with E-state index in [0.717, 1.165) is 26.1 Å². The van der Waals surface area contributed by atoms with Crippen LogP contribution in [0.1, 0.15) is 31.2 Å². The van der Waals surface area contributed by atoms with Crippen LogP contribution >= 0.6 is 0 Å². The van der Waals surface area contributed by atoms with Gasteiger partial charge in [0, 0.05) is 29.9 Å². The van der Waals surface area contributed by atoms with Crippen LogP contribution in [0.25, 0.3) is 10.9 Å². The number of methoxy groups -OCH3 is 1. The maximum Gasteiger partial charge on any atom is 0.339 e. The Labute approximate surface area is 248 Å². The standard InChI is InChI=1S/C32H33F2N5O4/c1-41-30-19-25-27(20-31(30)42-17-5-16-39-14-3-2-4-15-39)35-13-12-28(25)43-29-11-6-22(18-26(29)34)21-36-38-32(40)37-24-9-7-23(33)8-10-24/h6-13,18-21H,2-5,14-17H2,1H3,(H2,37,38,40)/b36-21+. The van der Waals surface area contributed by atoms with Gasteiger partial charge in [-0.05, 0) is 92.5 Å². The number of fused-ring (bicyclic) bond motifs is 1. The highest BCUT2D eigenvalue weighted by Gasteiger charge is 2.15. The zero-order valence-electron chi connectivity index (χ0n) is 23.8. The Hall–Kier alpha value is -4.77.